The first-order valence-electron chi connectivity index (χ1n) is 6.36. The van der Waals surface area contributed by atoms with Crippen LogP contribution in [0.3, 0.4) is 0 Å². The molecule has 1 heterocycles. The summed E-state index contributed by atoms with van der Waals surface area (Å²) in [6.45, 7) is 8.04. The van der Waals surface area contributed by atoms with Crippen molar-refractivity contribution in [3.63, 3.8) is 0 Å². The zero-order chi connectivity index (χ0) is 12.5. The van der Waals surface area contributed by atoms with Crippen molar-refractivity contribution in [3.8, 4) is 0 Å². The van der Waals surface area contributed by atoms with E-state index < -0.39 is 0 Å². The lowest BCUT2D eigenvalue weighted by Gasteiger charge is -2.33. The summed E-state index contributed by atoms with van der Waals surface area (Å²) < 4.78 is 0. The van der Waals surface area contributed by atoms with E-state index in [0.29, 0.717) is 5.78 Å². The molecule has 17 heavy (non-hydrogen) atoms. The second-order valence-electron chi connectivity index (χ2n) is 5.42. The zero-order valence-electron chi connectivity index (χ0n) is 11.0. The van der Waals surface area contributed by atoms with E-state index in [9.17, 15) is 4.79 Å². The highest BCUT2D eigenvalue weighted by atomic mass is 16.1. The molecule has 2 heteroatoms. The van der Waals surface area contributed by atoms with Crippen molar-refractivity contribution in [2.24, 2.45) is 5.41 Å². The predicted molar refractivity (Wildman–Crippen MR) is 70.5 cm³/mol. The normalized spacial score (nSPS) is 24.6. The van der Waals surface area contributed by atoms with Gasteiger partial charge in [-0.05, 0) is 44.4 Å². The van der Waals surface area contributed by atoms with Crippen LogP contribution in [0.2, 0.25) is 0 Å². The SMILES string of the molecule is Cc1cccc(C(=O)C2(C)CCCNC2)c1C. The number of hydrogen-bond acceptors (Lipinski definition) is 2. The molecule has 1 aromatic carbocycles. The molecule has 0 saturated carbocycles. The van der Waals surface area contributed by atoms with Crippen LogP contribution < -0.4 is 5.32 Å². The lowest BCUT2D eigenvalue weighted by molar-refractivity contribution is 0.0772. The third-order valence-electron chi connectivity index (χ3n) is 3.99. The summed E-state index contributed by atoms with van der Waals surface area (Å²) in [7, 11) is 0. The van der Waals surface area contributed by atoms with E-state index in [1.54, 1.807) is 0 Å². The number of Topliss-reactive ketones (excluding diaryl/α,β-unsaturated/α-hetero) is 1. The molecule has 2 rings (SSSR count). The van der Waals surface area contributed by atoms with E-state index >= 15 is 0 Å². The van der Waals surface area contributed by atoms with Gasteiger partial charge in [0.2, 0.25) is 0 Å². The van der Waals surface area contributed by atoms with Gasteiger partial charge in [0.05, 0.1) is 0 Å². The molecule has 0 aromatic heterocycles. The molecule has 1 aliphatic heterocycles. The molecule has 0 radical (unpaired) electrons. The number of carbonyl (C=O) groups is 1. The monoisotopic (exact) mass is 231 g/mol. The van der Waals surface area contributed by atoms with Gasteiger partial charge >= 0.3 is 0 Å². The molecule has 1 atom stereocenters. The van der Waals surface area contributed by atoms with Crippen LogP contribution in [-0.2, 0) is 0 Å². The number of rotatable bonds is 2. The third-order valence-corrected chi connectivity index (χ3v) is 3.99. The van der Waals surface area contributed by atoms with Crippen LogP contribution in [-0.4, -0.2) is 18.9 Å². The molecule has 1 unspecified atom stereocenters. The van der Waals surface area contributed by atoms with Crippen LogP contribution in [0, 0.1) is 19.3 Å². The Morgan fingerprint density at radius 2 is 2.12 bits per heavy atom. The van der Waals surface area contributed by atoms with E-state index in [2.05, 4.69) is 25.2 Å². The van der Waals surface area contributed by atoms with Gasteiger partial charge in [0.1, 0.15) is 0 Å². The van der Waals surface area contributed by atoms with Crippen molar-refractivity contribution in [2.75, 3.05) is 13.1 Å². The first kappa shape index (κ1) is 12.3. The Balaban J connectivity index is 2.33. The average molecular weight is 231 g/mol. The Kier molecular flexibility index (Phi) is 3.34. The minimum Gasteiger partial charge on any atom is -0.316 e. The first-order valence-corrected chi connectivity index (χ1v) is 6.36. The summed E-state index contributed by atoms with van der Waals surface area (Å²) in [6, 6.07) is 6.01. The molecule has 92 valence electrons. The Morgan fingerprint density at radius 1 is 1.35 bits per heavy atom. The fraction of sp³-hybridized carbons (Fsp3) is 0.533. The second-order valence-corrected chi connectivity index (χ2v) is 5.42. The maximum Gasteiger partial charge on any atom is 0.170 e. The summed E-state index contributed by atoms with van der Waals surface area (Å²) in [5, 5.41) is 3.34. The molecule has 2 nitrogen and oxygen atoms in total. The maximum absolute atomic E-state index is 12.7. The van der Waals surface area contributed by atoms with Crippen LogP contribution in [0.25, 0.3) is 0 Å². The van der Waals surface area contributed by atoms with E-state index in [4.69, 9.17) is 0 Å². The van der Waals surface area contributed by atoms with Crippen molar-refractivity contribution in [3.05, 3.63) is 34.9 Å². The van der Waals surface area contributed by atoms with Crippen LogP contribution in [0.1, 0.15) is 41.3 Å². The Bertz CT molecular complexity index is 431. The minimum atomic E-state index is -0.225. The maximum atomic E-state index is 12.7. The fourth-order valence-electron chi connectivity index (χ4n) is 2.57. The lowest BCUT2D eigenvalue weighted by atomic mass is 9.75. The molecule has 1 fully saturated rings. The number of ketones is 1. The first-order chi connectivity index (χ1) is 8.04. The van der Waals surface area contributed by atoms with Gasteiger partial charge in [-0.3, -0.25) is 4.79 Å². The lowest BCUT2D eigenvalue weighted by Crippen LogP contribution is -2.43. The molecule has 1 N–H and O–H groups in total. The van der Waals surface area contributed by atoms with Gasteiger partial charge in [0.15, 0.2) is 5.78 Å². The van der Waals surface area contributed by atoms with Crippen LogP contribution in [0.4, 0.5) is 0 Å². The number of carbonyl (C=O) groups excluding carboxylic acids is 1. The highest BCUT2D eigenvalue weighted by molar-refractivity contribution is 6.01. The molecule has 0 spiro atoms. The highest BCUT2D eigenvalue weighted by Gasteiger charge is 2.35. The van der Waals surface area contributed by atoms with Crippen LogP contribution >= 0.6 is 0 Å². The molecule has 0 aliphatic carbocycles. The van der Waals surface area contributed by atoms with Gasteiger partial charge in [0.25, 0.3) is 0 Å². The molecule has 1 saturated heterocycles. The summed E-state index contributed by atoms with van der Waals surface area (Å²) in [5.74, 6) is 0.297. The van der Waals surface area contributed by atoms with Crippen molar-refractivity contribution in [1.29, 1.82) is 0 Å². The standard InChI is InChI=1S/C15H21NO/c1-11-6-4-7-13(12(11)2)14(17)15(3)8-5-9-16-10-15/h4,6-7,16H,5,8-10H2,1-3H3. The van der Waals surface area contributed by atoms with E-state index in [0.717, 1.165) is 37.1 Å². The summed E-state index contributed by atoms with van der Waals surface area (Å²) in [6.07, 6.45) is 2.08. The summed E-state index contributed by atoms with van der Waals surface area (Å²) >= 11 is 0. The third kappa shape index (κ3) is 2.27. The van der Waals surface area contributed by atoms with Crippen molar-refractivity contribution < 1.29 is 4.79 Å². The van der Waals surface area contributed by atoms with E-state index in [1.165, 1.54) is 5.56 Å². The summed E-state index contributed by atoms with van der Waals surface area (Å²) in [5.41, 5.74) is 3.00. The summed E-state index contributed by atoms with van der Waals surface area (Å²) in [4.78, 5) is 12.7. The van der Waals surface area contributed by atoms with Gasteiger partial charge in [-0.1, -0.05) is 25.1 Å². The van der Waals surface area contributed by atoms with Gasteiger partial charge in [-0.2, -0.15) is 0 Å². The van der Waals surface area contributed by atoms with Crippen molar-refractivity contribution in [2.45, 2.75) is 33.6 Å². The van der Waals surface area contributed by atoms with E-state index in [1.807, 2.05) is 19.1 Å². The Morgan fingerprint density at radius 3 is 2.76 bits per heavy atom. The minimum absolute atomic E-state index is 0.225. The number of hydrogen-bond donors (Lipinski definition) is 1. The number of benzene rings is 1. The van der Waals surface area contributed by atoms with Crippen LogP contribution in [0.5, 0.6) is 0 Å². The Labute approximate surface area is 103 Å². The Hall–Kier alpha value is -1.15. The largest absolute Gasteiger partial charge is 0.316 e. The van der Waals surface area contributed by atoms with Gasteiger partial charge < -0.3 is 5.32 Å². The zero-order valence-corrected chi connectivity index (χ0v) is 11.0. The molecule has 1 aromatic rings. The van der Waals surface area contributed by atoms with Gasteiger partial charge in [-0.25, -0.2) is 0 Å². The fourth-order valence-corrected chi connectivity index (χ4v) is 2.57. The van der Waals surface area contributed by atoms with Crippen molar-refractivity contribution in [1.82, 2.24) is 5.32 Å². The molecule has 0 bridgehead atoms. The number of piperidine rings is 1. The second kappa shape index (κ2) is 4.61. The van der Waals surface area contributed by atoms with Crippen LogP contribution in [0.15, 0.2) is 18.2 Å². The highest BCUT2D eigenvalue weighted by Crippen LogP contribution is 2.31. The molecule has 0 amide bonds. The number of nitrogens with one attached hydrogen (secondary N) is 1. The number of aryl methyl sites for hydroxylation is 1. The van der Waals surface area contributed by atoms with Crippen molar-refractivity contribution >= 4 is 5.78 Å². The van der Waals surface area contributed by atoms with Gasteiger partial charge in [-0.15, -0.1) is 0 Å². The van der Waals surface area contributed by atoms with Gasteiger partial charge in [0, 0.05) is 17.5 Å². The molecular formula is C15H21NO. The topological polar surface area (TPSA) is 29.1 Å². The van der Waals surface area contributed by atoms with E-state index in [-0.39, 0.29) is 5.41 Å². The predicted octanol–water partition coefficient (Wildman–Crippen LogP) is 2.88. The smallest absolute Gasteiger partial charge is 0.170 e. The molecule has 1 aliphatic rings. The molecular weight excluding hydrogens is 210 g/mol. The average Bonchev–Trinajstić information content (AvgIpc) is 2.33. The quantitative estimate of drug-likeness (QED) is 0.793.